The van der Waals surface area contributed by atoms with Crippen LogP contribution in [0.25, 0.3) is 0 Å². The van der Waals surface area contributed by atoms with Crippen LogP contribution < -0.4 is 9.47 Å². The van der Waals surface area contributed by atoms with Crippen molar-refractivity contribution in [3.63, 3.8) is 0 Å². The molecule has 2 unspecified atom stereocenters. The first-order valence-corrected chi connectivity index (χ1v) is 8.08. The molecule has 0 radical (unpaired) electrons. The predicted molar refractivity (Wildman–Crippen MR) is 82.1 cm³/mol. The molecule has 4 nitrogen and oxygen atoms in total. The summed E-state index contributed by atoms with van der Waals surface area (Å²) >= 11 is 0. The van der Waals surface area contributed by atoms with Crippen molar-refractivity contribution in [2.24, 2.45) is 0 Å². The lowest BCUT2D eigenvalue weighted by Crippen LogP contribution is -2.47. The van der Waals surface area contributed by atoms with Gasteiger partial charge in [0, 0.05) is 18.2 Å². The molecule has 3 rings (SSSR count). The van der Waals surface area contributed by atoms with E-state index in [0.29, 0.717) is 12.6 Å². The minimum absolute atomic E-state index is 0.100. The maximum atomic E-state index is 6.12. The number of nitrogens with zero attached hydrogens (tertiary/aromatic N) is 1. The van der Waals surface area contributed by atoms with Crippen molar-refractivity contribution in [3.05, 3.63) is 23.8 Å². The van der Waals surface area contributed by atoms with Crippen LogP contribution in [0.1, 0.15) is 38.4 Å². The number of benzene rings is 1. The van der Waals surface area contributed by atoms with Gasteiger partial charge < -0.3 is 14.2 Å². The predicted octanol–water partition coefficient (Wildman–Crippen LogP) is 3.02. The second kappa shape index (κ2) is 6.67. The van der Waals surface area contributed by atoms with Crippen LogP contribution in [0.3, 0.4) is 0 Å². The Kier molecular flexibility index (Phi) is 4.66. The summed E-state index contributed by atoms with van der Waals surface area (Å²) < 4.78 is 17.7. The zero-order valence-corrected chi connectivity index (χ0v) is 13.0. The van der Waals surface area contributed by atoms with E-state index in [-0.39, 0.29) is 6.10 Å². The molecule has 1 saturated heterocycles. The van der Waals surface area contributed by atoms with E-state index in [2.05, 4.69) is 17.9 Å². The molecule has 116 valence electrons. The molecule has 2 heterocycles. The Hall–Kier alpha value is -1.26. The summed E-state index contributed by atoms with van der Waals surface area (Å²) in [4.78, 5) is 2.56. The molecule has 1 aromatic rings. The normalized spacial score (nSPS) is 25.4. The van der Waals surface area contributed by atoms with Gasteiger partial charge in [-0.3, -0.25) is 4.90 Å². The standard InChI is InChI=1S/C17H25NO3/c1-3-8-18-9-11-21-17-14-12-13(19-4-2)5-6-16(14)20-10-7-15(17)18/h5-6,12,15,17H,3-4,7-11H2,1-2H3. The van der Waals surface area contributed by atoms with Crippen LogP contribution in [0.2, 0.25) is 0 Å². The van der Waals surface area contributed by atoms with Crippen LogP contribution in [-0.4, -0.2) is 43.9 Å². The Balaban J connectivity index is 1.91. The highest BCUT2D eigenvalue weighted by atomic mass is 16.5. The summed E-state index contributed by atoms with van der Waals surface area (Å²) in [7, 11) is 0. The van der Waals surface area contributed by atoms with Gasteiger partial charge >= 0.3 is 0 Å². The van der Waals surface area contributed by atoms with Crippen molar-refractivity contribution in [1.82, 2.24) is 4.90 Å². The van der Waals surface area contributed by atoms with E-state index < -0.39 is 0 Å². The smallest absolute Gasteiger partial charge is 0.125 e. The van der Waals surface area contributed by atoms with Crippen LogP contribution in [0.5, 0.6) is 11.5 Å². The monoisotopic (exact) mass is 291 g/mol. The molecule has 2 atom stereocenters. The van der Waals surface area contributed by atoms with E-state index in [9.17, 15) is 0 Å². The van der Waals surface area contributed by atoms with Gasteiger partial charge in [-0.25, -0.2) is 0 Å². The number of ether oxygens (including phenoxy) is 3. The Labute approximate surface area is 127 Å². The molecule has 0 aliphatic carbocycles. The Bertz CT molecular complexity index is 475. The highest BCUT2D eigenvalue weighted by Crippen LogP contribution is 2.40. The van der Waals surface area contributed by atoms with Crippen molar-refractivity contribution < 1.29 is 14.2 Å². The Morgan fingerprint density at radius 3 is 3.00 bits per heavy atom. The highest BCUT2D eigenvalue weighted by molar-refractivity contribution is 5.43. The quantitative estimate of drug-likeness (QED) is 0.853. The van der Waals surface area contributed by atoms with E-state index in [1.165, 1.54) is 6.42 Å². The largest absolute Gasteiger partial charge is 0.494 e. The minimum Gasteiger partial charge on any atom is -0.494 e. The summed E-state index contributed by atoms with van der Waals surface area (Å²) in [6, 6.07) is 6.51. The van der Waals surface area contributed by atoms with Crippen LogP contribution in [0.15, 0.2) is 18.2 Å². The van der Waals surface area contributed by atoms with Gasteiger partial charge in [0.15, 0.2) is 0 Å². The van der Waals surface area contributed by atoms with Crippen LogP contribution in [0.4, 0.5) is 0 Å². The number of fused-ring (bicyclic) bond motifs is 3. The first-order chi connectivity index (χ1) is 10.3. The van der Waals surface area contributed by atoms with Crippen molar-refractivity contribution in [2.75, 3.05) is 32.9 Å². The van der Waals surface area contributed by atoms with Crippen molar-refractivity contribution in [1.29, 1.82) is 0 Å². The average Bonchev–Trinajstić information content (AvgIpc) is 2.68. The summed E-state index contributed by atoms with van der Waals surface area (Å²) in [5.41, 5.74) is 1.14. The average molecular weight is 291 g/mol. The maximum Gasteiger partial charge on any atom is 0.125 e. The second-order valence-corrected chi connectivity index (χ2v) is 5.66. The van der Waals surface area contributed by atoms with Gasteiger partial charge in [-0.1, -0.05) is 6.92 Å². The molecule has 21 heavy (non-hydrogen) atoms. The van der Waals surface area contributed by atoms with E-state index in [1.807, 2.05) is 19.1 Å². The van der Waals surface area contributed by atoms with Gasteiger partial charge in [0.2, 0.25) is 0 Å². The third-order valence-electron chi connectivity index (χ3n) is 4.28. The lowest BCUT2D eigenvalue weighted by Gasteiger charge is -2.40. The topological polar surface area (TPSA) is 30.9 Å². The molecule has 0 amide bonds. The molecular weight excluding hydrogens is 266 g/mol. The molecule has 0 aromatic heterocycles. The Morgan fingerprint density at radius 1 is 1.29 bits per heavy atom. The third kappa shape index (κ3) is 3.01. The fourth-order valence-electron chi connectivity index (χ4n) is 3.39. The maximum absolute atomic E-state index is 6.12. The molecule has 1 aromatic carbocycles. The zero-order chi connectivity index (χ0) is 14.7. The highest BCUT2D eigenvalue weighted by Gasteiger charge is 2.36. The van der Waals surface area contributed by atoms with Gasteiger partial charge in [0.25, 0.3) is 0 Å². The Morgan fingerprint density at radius 2 is 2.19 bits per heavy atom. The fourth-order valence-corrected chi connectivity index (χ4v) is 3.39. The lowest BCUT2D eigenvalue weighted by atomic mass is 9.96. The molecule has 0 bridgehead atoms. The molecule has 0 N–H and O–H groups in total. The summed E-state index contributed by atoms with van der Waals surface area (Å²) in [5, 5.41) is 0. The molecule has 2 aliphatic rings. The van der Waals surface area contributed by atoms with Crippen LogP contribution >= 0.6 is 0 Å². The van der Waals surface area contributed by atoms with E-state index in [0.717, 1.165) is 49.8 Å². The van der Waals surface area contributed by atoms with Crippen molar-refractivity contribution in [2.45, 2.75) is 38.8 Å². The van der Waals surface area contributed by atoms with Crippen LogP contribution in [0, 0.1) is 0 Å². The van der Waals surface area contributed by atoms with Gasteiger partial charge in [0.1, 0.15) is 17.6 Å². The summed E-state index contributed by atoms with van der Waals surface area (Å²) in [6.45, 7) is 8.62. The van der Waals surface area contributed by atoms with Crippen LogP contribution in [-0.2, 0) is 4.74 Å². The molecule has 2 aliphatic heterocycles. The third-order valence-corrected chi connectivity index (χ3v) is 4.28. The molecule has 4 heteroatoms. The number of hydrogen-bond acceptors (Lipinski definition) is 4. The minimum atomic E-state index is 0.100. The fraction of sp³-hybridized carbons (Fsp3) is 0.647. The second-order valence-electron chi connectivity index (χ2n) is 5.66. The first kappa shape index (κ1) is 14.7. The van der Waals surface area contributed by atoms with Gasteiger partial charge in [-0.15, -0.1) is 0 Å². The van der Waals surface area contributed by atoms with Gasteiger partial charge in [0.05, 0.1) is 19.8 Å². The molecular formula is C17H25NO3. The SMILES string of the molecule is CCCN1CCOC2c3cc(OCC)ccc3OCCC21. The number of rotatable bonds is 4. The molecule has 1 fully saturated rings. The number of morpholine rings is 1. The van der Waals surface area contributed by atoms with Crippen molar-refractivity contribution >= 4 is 0 Å². The molecule has 0 spiro atoms. The van der Waals surface area contributed by atoms with E-state index >= 15 is 0 Å². The summed E-state index contributed by atoms with van der Waals surface area (Å²) in [6.07, 6.45) is 2.29. The van der Waals surface area contributed by atoms with E-state index in [4.69, 9.17) is 14.2 Å². The van der Waals surface area contributed by atoms with Gasteiger partial charge in [-0.05, 0) is 44.5 Å². The number of hydrogen-bond donors (Lipinski definition) is 0. The zero-order valence-electron chi connectivity index (χ0n) is 13.0. The first-order valence-electron chi connectivity index (χ1n) is 8.08. The van der Waals surface area contributed by atoms with Crippen molar-refractivity contribution in [3.8, 4) is 11.5 Å². The lowest BCUT2D eigenvalue weighted by molar-refractivity contribution is -0.0742. The van der Waals surface area contributed by atoms with E-state index in [1.54, 1.807) is 0 Å². The molecule has 0 saturated carbocycles. The summed E-state index contributed by atoms with van der Waals surface area (Å²) in [5.74, 6) is 1.85. The van der Waals surface area contributed by atoms with Gasteiger partial charge in [-0.2, -0.15) is 0 Å².